The van der Waals surface area contributed by atoms with E-state index in [0.29, 0.717) is 19.5 Å². The lowest BCUT2D eigenvalue weighted by atomic mass is 10.1. The first-order valence-corrected chi connectivity index (χ1v) is 10.3. The first kappa shape index (κ1) is 24.8. The van der Waals surface area contributed by atoms with Gasteiger partial charge in [-0.1, -0.05) is 56.4 Å². The van der Waals surface area contributed by atoms with E-state index in [1.54, 1.807) is 33.5 Å². The highest BCUT2D eigenvalue weighted by Crippen LogP contribution is 2.07. The van der Waals surface area contributed by atoms with Gasteiger partial charge in [0, 0.05) is 37.5 Å². The zero-order chi connectivity index (χ0) is 22.4. The monoisotopic (exact) mass is 408 g/mol. The molecule has 2 heterocycles. The maximum atomic E-state index is 12.2. The van der Waals surface area contributed by atoms with E-state index in [2.05, 4.69) is 6.58 Å². The van der Waals surface area contributed by atoms with Crippen molar-refractivity contribution < 1.29 is 4.79 Å². The summed E-state index contributed by atoms with van der Waals surface area (Å²) in [4.78, 5) is 34.4. The number of unbranched alkanes of at least 4 members (excludes halogenated alkanes) is 1. The van der Waals surface area contributed by atoms with Gasteiger partial charge in [0.1, 0.15) is 6.29 Å². The minimum atomic E-state index is -0.0802. The minimum absolute atomic E-state index is 0.0406. The Morgan fingerprint density at radius 2 is 1.73 bits per heavy atom. The predicted molar refractivity (Wildman–Crippen MR) is 124 cm³/mol. The van der Waals surface area contributed by atoms with Crippen LogP contribution in [-0.2, 0) is 24.3 Å². The molecule has 0 unspecified atom stereocenters. The summed E-state index contributed by atoms with van der Waals surface area (Å²) in [5, 5.41) is 0. The fraction of sp³-hybridized carbons (Fsp3) is 0.320. The van der Waals surface area contributed by atoms with Gasteiger partial charge in [0.25, 0.3) is 11.1 Å². The normalized spacial score (nSPS) is 11.4. The van der Waals surface area contributed by atoms with Crippen LogP contribution >= 0.6 is 0 Å². The van der Waals surface area contributed by atoms with Crippen LogP contribution in [0.2, 0.25) is 0 Å². The molecule has 0 saturated carbocycles. The van der Waals surface area contributed by atoms with Crippen LogP contribution in [0.4, 0.5) is 0 Å². The van der Waals surface area contributed by atoms with Crippen molar-refractivity contribution in [3.8, 4) is 0 Å². The summed E-state index contributed by atoms with van der Waals surface area (Å²) in [6.07, 6.45) is 12.1. The number of aryl methyl sites for hydroxylation is 1. The molecule has 0 atom stereocenters. The van der Waals surface area contributed by atoms with E-state index in [1.165, 1.54) is 6.07 Å². The van der Waals surface area contributed by atoms with E-state index in [9.17, 15) is 14.4 Å². The van der Waals surface area contributed by atoms with Crippen molar-refractivity contribution in [1.82, 2.24) is 9.13 Å². The molecule has 30 heavy (non-hydrogen) atoms. The fourth-order valence-corrected chi connectivity index (χ4v) is 2.79. The van der Waals surface area contributed by atoms with Crippen LogP contribution in [0.3, 0.4) is 0 Å². The van der Waals surface area contributed by atoms with Crippen molar-refractivity contribution in [2.45, 2.75) is 53.1 Å². The number of hydrogen-bond donors (Lipinski definition) is 0. The van der Waals surface area contributed by atoms with Crippen LogP contribution in [0.5, 0.6) is 0 Å². The third kappa shape index (κ3) is 8.43. The standard InChI is InChI=1S/C23H26N2O3.C2H6/c1-3-20(11-10-19(2)16-24-14-6-4-9-22(24)27)17-25-18-21(8-5-7-15-26)12-13-23(25)28;1-2/h3-4,6,9-15,18H,1,5,7-8,16-17H2,2H3;1-2H3/b19-10+,20-11+;. The average Bonchev–Trinajstić information content (AvgIpc) is 2.76. The van der Waals surface area contributed by atoms with E-state index in [0.717, 1.165) is 35.8 Å². The Bertz CT molecular complexity index is 994. The van der Waals surface area contributed by atoms with Crippen molar-refractivity contribution in [2.75, 3.05) is 0 Å². The number of allylic oxidation sites excluding steroid dienone is 5. The molecule has 0 N–H and O–H groups in total. The van der Waals surface area contributed by atoms with Gasteiger partial charge >= 0.3 is 0 Å². The molecule has 0 saturated heterocycles. The van der Waals surface area contributed by atoms with Crippen LogP contribution in [0.1, 0.15) is 39.2 Å². The van der Waals surface area contributed by atoms with Crippen LogP contribution in [0, 0.1) is 0 Å². The molecule has 0 radical (unpaired) electrons. The maximum Gasteiger partial charge on any atom is 0.250 e. The highest BCUT2D eigenvalue weighted by atomic mass is 16.1. The topological polar surface area (TPSA) is 61.1 Å². The van der Waals surface area contributed by atoms with Crippen molar-refractivity contribution in [1.29, 1.82) is 0 Å². The lowest BCUT2D eigenvalue weighted by molar-refractivity contribution is -0.107. The molecule has 0 amide bonds. The minimum Gasteiger partial charge on any atom is -0.311 e. The molecule has 5 nitrogen and oxygen atoms in total. The largest absolute Gasteiger partial charge is 0.311 e. The van der Waals surface area contributed by atoms with Crippen molar-refractivity contribution in [2.24, 2.45) is 0 Å². The van der Waals surface area contributed by atoms with Crippen molar-refractivity contribution >= 4 is 6.29 Å². The molecular formula is C25H32N2O3. The second-order valence-electron chi connectivity index (χ2n) is 6.69. The number of nitrogens with zero attached hydrogens (tertiary/aromatic N) is 2. The summed E-state index contributed by atoms with van der Waals surface area (Å²) in [6, 6.07) is 8.45. The Morgan fingerprint density at radius 3 is 2.40 bits per heavy atom. The highest BCUT2D eigenvalue weighted by Gasteiger charge is 2.01. The van der Waals surface area contributed by atoms with E-state index in [1.807, 2.05) is 51.3 Å². The molecule has 0 aliphatic carbocycles. The molecule has 2 aromatic heterocycles. The second kappa shape index (κ2) is 13.9. The van der Waals surface area contributed by atoms with Crippen LogP contribution in [-0.4, -0.2) is 15.4 Å². The van der Waals surface area contributed by atoms with Gasteiger partial charge in [-0.25, -0.2) is 0 Å². The zero-order valence-corrected chi connectivity index (χ0v) is 18.2. The quantitative estimate of drug-likeness (QED) is 0.334. The smallest absolute Gasteiger partial charge is 0.250 e. The summed E-state index contributed by atoms with van der Waals surface area (Å²) in [5.41, 5.74) is 2.82. The van der Waals surface area contributed by atoms with E-state index in [4.69, 9.17) is 0 Å². The Hall–Kier alpha value is -3.21. The maximum absolute atomic E-state index is 12.2. The Balaban J connectivity index is 0.00000218. The molecule has 2 rings (SSSR count). The summed E-state index contributed by atoms with van der Waals surface area (Å²) < 4.78 is 3.29. The third-order valence-electron chi connectivity index (χ3n) is 4.35. The molecule has 2 aromatic rings. The lowest BCUT2D eigenvalue weighted by Gasteiger charge is -2.09. The van der Waals surface area contributed by atoms with Crippen molar-refractivity contribution in [3.63, 3.8) is 0 Å². The fourth-order valence-electron chi connectivity index (χ4n) is 2.79. The number of rotatable bonds is 10. The number of carbonyl (C=O) groups is 1. The van der Waals surface area contributed by atoms with Crippen LogP contribution in [0.25, 0.3) is 0 Å². The van der Waals surface area contributed by atoms with Gasteiger partial charge in [0.05, 0.1) is 6.54 Å². The number of aromatic nitrogens is 2. The summed E-state index contributed by atoms with van der Waals surface area (Å²) in [6.45, 7) is 10.7. The second-order valence-corrected chi connectivity index (χ2v) is 6.69. The van der Waals surface area contributed by atoms with Crippen molar-refractivity contribution in [3.05, 3.63) is 105 Å². The van der Waals surface area contributed by atoms with Gasteiger partial charge in [-0.15, -0.1) is 0 Å². The number of hydrogen-bond acceptors (Lipinski definition) is 3. The third-order valence-corrected chi connectivity index (χ3v) is 4.35. The molecule has 160 valence electrons. The van der Waals surface area contributed by atoms with E-state index in [-0.39, 0.29) is 11.1 Å². The lowest BCUT2D eigenvalue weighted by Crippen LogP contribution is -2.20. The van der Waals surface area contributed by atoms with Gasteiger partial charge in [0.15, 0.2) is 0 Å². The highest BCUT2D eigenvalue weighted by molar-refractivity contribution is 5.49. The van der Waals surface area contributed by atoms with Gasteiger partial charge < -0.3 is 13.9 Å². The zero-order valence-electron chi connectivity index (χ0n) is 18.2. The average molecular weight is 409 g/mol. The van der Waals surface area contributed by atoms with E-state index < -0.39 is 0 Å². The van der Waals surface area contributed by atoms with Gasteiger partial charge in [-0.05, 0) is 37.0 Å². The first-order valence-electron chi connectivity index (χ1n) is 10.3. The van der Waals surface area contributed by atoms with Crippen LogP contribution < -0.4 is 11.1 Å². The summed E-state index contributed by atoms with van der Waals surface area (Å²) in [7, 11) is 0. The van der Waals surface area contributed by atoms with Gasteiger partial charge in [0.2, 0.25) is 0 Å². The molecule has 0 fully saturated rings. The molecule has 0 bridgehead atoms. The number of carbonyl (C=O) groups excluding carboxylic acids is 1. The first-order chi connectivity index (χ1) is 14.5. The van der Waals surface area contributed by atoms with E-state index >= 15 is 0 Å². The SMILES string of the molecule is C=C/C(=C\C=C(/C)Cn1ccccc1=O)Cn1cc(CCCC=O)ccc1=O.CC. The number of pyridine rings is 2. The van der Waals surface area contributed by atoms with Crippen LogP contribution in [0.15, 0.2) is 88.3 Å². The number of aldehydes is 1. The predicted octanol–water partition coefficient (Wildman–Crippen LogP) is 4.32. The summed E-state index contributed by atoms with van der Waals surface area (Å²) >= 11 is 0. The summed E-state index contributed by atoms with van der Waals surface area (Å²) in [5.74, 6) is 0. The molecule has 0 aromatic carbocycles. The molecular weight excluding hydrogens is 376 g/mol. The molecule has 0 spiro atoms. The van der Waals surface area contributed by atoms with Gasteiger partial charge in [-0.2, -0.15) is 0 Å². The molecule has 0 aliphatic heterocycles. The Labute approximate surface area is 178 Å². The molecule has 5 heteroatoms. The Morgan fingerprint density at radius 1 is 1.00 bits per heavy atom. The van der Waals surface area contributed by atoms with Gasteiger partial charge in [-0.3, -0.25) is 9.59 Å². The molecule has 0 aliphatic rings. The Kier molecular flexibility index (Phi) is 11.5.